The van der Waals surface area contributed by atoms with Gasteiger partial charge in [0.25, 0.3) is 0 Å². The van der Waals surface area contributed by atoms with Gasteiger partial charge in [-0.25, -0.2) is 0 Å². The van der Waals surface area contributed by atoms with Gasteiger partial charge in [-0.2, -0.15) is 18.4 Å². The molecule has 32 heavy (non-hydrogen) atoms. The summed E-state index contributed by atoms with van der Waals surface area (Å²) in [6.07, 6.45) is -0.672. The van der Waals surface area contributed by atoms with Crippen molar-refractivity contribution >= 4 is 0 Å². The van der Waals surface area contributed by atoms with Crippen LogP contribution < -0.4 is 10.1 Å². The number of hydrogen-bond acceptors (Lipinski definition) is 4. The van der Waals surface area contributed by atoms with Crippen LogP contribution in [0.25, 0.3) is 22.4 Å². The first-order valence-corrected chi connectivity index (χ1v) is 10.5. The molecule has 2 aromatic carbocycles. The van der Waals surface area contributed by atoms with Crippen LogP contribution in [0.1, 0.15) is 24.0 Å². The molecule has 1 aliphatic heterocycles. The van der Waals surface area contributed by atoms with Crippen molar-refractivity contribution in [2.75, 3.05) is 19.7 Å². The zero-order chi connectivity index (χ0) is 22.6. The molecular weight excluding hydrogens is 415 g/mol. The monoisotopic (exact) mass is 437 g/mol. The molecule has 4 rings (SSSR count). The zero-order valence-electron chi connectivity index (χ0n) is 17.3. The molecule has 4 nitrogen and oxygen atoms in total. The number of nitrogens with one attached hydrogen (secondary N) is 1. The van der Waals surface area contributed by atoms with Crippen LogP contribution in [0.15, 0.2) is 60.8 Å². The molecule has 3 aromatic rings. The van der Waals surface area contributed by atoms with Gasteiger partial charge in [-0.1, -0.05) is 24.3 Å². The van der Waals surface area contributed by atoms with E-state index in [0.717, 1.165) is 49.2 Å². The van der Waals surface area contributed by atoms with Crippen LogP contribution >= 0.6 is 0 Å². The average Bonchev–Trinajstić information content (AvgIpc) is 2.83. The predicted octanol–water partition coefficient (Wildman–Crippen LogP) is 5.68. The average molecular weight is 437 g/mol. The highest BCUT2D eigenvalue weighted by Crippen LogP contribution is 2.35. The minimum absolute atomic E-state index is 0.476. The van der Waals surface area contributed by atoms with E-state index in [1.807, 2.05) is 6.07 Å². The van der Waals surface area contributed by atoms with Crippen LogP contribution in [0.4, 0.5) is 13.2 Å². The molecule has 0 bridgehead atoms. The summed E-state index contributed by atoms with van der Waals surface area (Å²) in [5.41, 5.74) is 2.48. The Hall–Kier alpha value is -3.37. The molecule has 0 saturated carbocycles. The second kappa shape index (κ2) is 9.41. The third-order valence-electron chi connectivity index (χ3n) is 5.62. The van der Waals surface area contributed by atoms with Gasteiger partial charge in [-0.15, -0.1) is 0 Å². The van der Waals surface area contributed by atoms with Crippen molar-refractivity contribution in [3.8, 4) is 34.2 Å². The largest absolute Gasteiger partial charge is 0.492 e. The number of piperidine rings is 1. The van der Waals surface area contributed by atoms with E-state index in [1.165, 1.54) is 12.1 Å². The van der Waals surface area contributed by atoms with Crippen LogP contribution in [-0.4, -0.2) is 24.7 Å². The van der Waals surface area contributed by atoms with Gasteiger partial charge in [-0.05, 0) is 67.7 Å². The number of alkyl halides is 3. The fraction of sp³-hybridized carbons (Fsp3) is 0.280. The Balaban J connectivity index is 1.67. The van der Waals surface area contributed by atoms with Crippen LogP contribution in [-0.2, 0) is 6.18 Å². The van der Waals surface area contributed by atoms with Gasteiger partial charge >= 0.3 is 6.18 Å². The van der Waals surface area contributed by atoms with Gasteiger partial charge < -0.3 is 10.1 Å². The van der Waals surface area contributed by atoms with E-state index in [2.05, 4.69) is 16.4 Å². The predicted molar refractivity (Wildman–Crippen MR) is 116 cm³/mol. The summed E-state index contributed by atoms with van der Waals surface area (Å²) in [5, 5.41) is 12.4. The smallest absolute Gasteiger partial charge is 0.416 e. The Labute approximate surface area is 184 Å². The summed E-state index contributed by atoms with van der Waals surface area (Å²) in [5.74, 6) is 1.09. The topological polar surface area (TPSA) is 57.9 Å². The minimum Gasteiger partial charge on any atom is -0.492 e. The Kier molecular flexibility index (Phi) is 6.42. The standard InChI is InChI=1S/C25H22F3N3O/c26-25(27,28)21-7-5-20(6-8-21)24-23(19-3-1-17(14-29)2-4-19)13-22(15-31-24)32-16-18-9-11-30-12-10-18/h1-8,13,15,18,30H,9-12,16H2. The van der Waals surface area contributed by atoms with Crippen LogP contribution in [0.2, 0.25) is 0 Å². The lowest BCUT2D eigenvalue weighted by molar-refractivity contribution is -0.137. The van der Waals surface area contributed by atoms with Crippen molar-refractivity contribution in [1.29, 1.82) is 5.26 Å². The number of rotatable bonds is 5. The SMILES string of the molecule is N#Cc1ccc(-c2cc(OCC3CCNCC3)cnc2-c2ccc(C(F)(F)F)cc2)cc1. The molecule has 0 unspecified atom stereocenters. The van der Waals surface area contributed by atoms with Gasteiger partial charge in [0, 0.05) is 11.1 Å². The van der Waals surface area contributed by atoms with Crippen LogP contribution in [0.5, 0.6) is 5.75 Å². The van der Waals surface area contributed by atoms with Crippen LogP contribution in [0, 0.1) is 17.2 Å². The quantitative estimate of drug-likeness (QED) is 0.558. The van der Waals surface area contributed by atoms with Crippen molar-refractivity contribution < 1.29 is 17.9 Å². The first kappa shape index (κ1) is 21.8. The second-order valence-corrected chi connectivity index (χ2v) is 7.84. The molecule has 0 atom stereocenters. The molecule has 0 aliphatic carbocycles. The number of nitriles is 1. The molecule has 1 saturated heterocycles. The summed E-state index contributed by atoms with van der Waals surface area (Å²) >= 11 is 0. The molecule has 0 radical (unpaired) electrons. The van der Waals surface area contributed by atoms with Crippen molar-refractivity contribution in [2.24, 2.45) is 5.92 Å². The van der Waals surface area contributed by atoms with Gasteiger partial charge in [0.15, 0.2) is 0 Å². The summed E-state index contributed by atoms with van der Waals surface area (Å²) < 4.78 is 44.9. The van der Waals surface area contributed by atoms with E-state index in [4.69, 9.17) is 10.00 Å². The number of benzene rings is 2. The highest BCUT2D eigenvalue weighted by Gasteiger charge is 2.30. The zero-order valence-corrected chi connectivity index (χ0v) is 17.3. The van der Waals surface area contributed by atoms with E-state index in [1.54, 1.807) is 30.5 Å². The lowest BCUT2D eigenvalue weighted by Crippen LogP contribution is -2.30. The van der Waals surface area contributed by atoms with E-state index in [9.17, 15) is 13.2 Å². The van der Waals surface area contributed by atoms with E-state index >= 15 is 0 Å². The molecule has 7 heteroatoms. The lowest BCUT2D eigenvalue weighted by Gasteiger charge is -2.22. The number of pyridine rings is 1. The molecule has 2 heterocycles. The van der Waals surface area contributed by atoms with Crippen LogP contribution in [0.3, 0.4) is 0 Å². The Morgan fingerprint density at radius 3 is 2.28 bits per heavy atom. The Bertz CT molecular complexity index is 1100. The summed E-state index contributed by atoms with van der Waals surface area (Å²) in [6, 6.07) is 15.9. The first-order chi connectivity index (χ1) is 15.4. The van der Waals surface area contributed by atoms with Gasteiger partial charge in [0.05, 0.1) is 35.7 Å². The molecule has 1 N–H and O–H groups in total. The van der Waals surface area contributed by atoms with E-state index < -0.39 is 11.7 Å². The fourth-order valence-corrected chi connectivity index (χ4v) is 3.78. The highest BCUT2D eigenvalue weighted by molar-refractivity contribution is 5.81. The fourth-order valence-electron chi connectivity index (χ4n) is 3.78. The third kappa shape index (κ3) is 5.09. The number of ether oxygens (including phenoxy) is 1. The first-order valence-electron chi connectivity index (χ1n) is 10.5. The minimum atomic E-state index is -4.39. The summed E-state index contributed by atoms with van der Waals surface area (Å²) in [6.45, 7) is 2.56. The van der Waals surface area contributed by atoms with Crippen molar-refractivity contribution in [3.63, 3.8) is 0 Å². The van der Waals surface area contributed by atoms with E-state index in [0.29, 0.717) is 35.1 Å². The van der Waals surface area contributed by atoms with E-state index in [-0.39, 0.29) is 0 Å². The molecule has 0 spiro atoms. The van der Waals surface area contributed by atoms with Gasteiger partial charge in [-0.3, -0.25) is 4.98 Å². The van der Waals surface area contributed by atoms with Crippen molar-refractivity contribution in [2.45, 2.75) is 19.0 Å². The van der Waals surface area contributed by atoms with Crippen molar-refractivity contribution in [1.82, 2.24) is 10.3 Å². The number of aromatic nitrogens is 1. The second-order valence-electron chi connectivity index (χ2n) is 7.84. The highest BCUT2D eigenvalue weighted by atomic mass is 19.4. The molecule has 1 fully saturated rings. The Morgan fingerprint density at radius 1 is 1.00 bits per heavy atom. The molecular formula is C25H22F3N3O. The molecule has 1 aliphatic rings. The van der Waals surface area contributed by atoms with Crippen molar-refractivity contribution in [3.05, 3.63) is 71.9 Å². The molecule has 164 valence electrons. The summed E-state index contributed by atoms with van der Waals surface area (Å²) in [4.78, 5) is 4.54. The maximum absolute atomic E-state index is 13.0. The third-order valence-corrected chi connectivity index (χ3v) is 5.62. The maximum atomic E-state index is 13.0. The lowest BCUT2D eigenvalue weighted by atomic mass is 9.97. The molecule has 1 aromatic heterocycles. The maximum Gasteiger partial charge on any atom is 0.416 e. The van der Waals surface area contributed by atoms with Gasteiger partial charge in [0.2, 0.25) is 0 Å². The molecule has 0 amide bonds. The normalized spacial score (nSPS) is 14.7. The Morgan fingerprint density at radius 2 is 1.66 bits per heavy atom. The van der Waals surface area contributed by atoms with Gasteiger partial charge in [0.1, 0.15) is 5.75 Å². The number of hydrogen-bond donors (Lipinski definition) is 1. The number of halogens is 3. The number of nitrogens with zero attached hydrogens (tertiary/aromatic N) is 2. The summed E-state index contributed by atoms with van der Waals surface area (Å²) in [7, 11) is 0.